The molecule has 2 fully saturated rings. The molecule has 1 aliphatic carbocycles. The Labute approximate surface area is 125 Å². The van der Waals surface area contributed by atoms with E-state index < -0.39 is 11.6 Å². The van der Waals surface area contributed by atoms with Crippen molar-refractivity contribution in [3.05, 3.63) is 0 Å². The van der Waals surface area contributed by atoms with Crippen molar-refractivity contribution in [2.45, 2.75) is 63.5 Å². The molecule has 6 nitrogen and oxygen atoms in total. The fourth-order valence-electron chi connectivity index (χ4n) is 3.79. The molecule has 3 N–H and O–H groups in total. The predicted molar refractivity (Wildman–Crippen MR) is 78.0 cm³/mol. The van der Waals surface area contributed by atoms with E-state index in [1.54, 1.807) is 4.90 Å². The normalized spacial score (nSPS) is 33.0. The number of nitrogens with zero attached hydrogens (tertiary/aromatic N) is 1. The van der Waals surface area contributed by atoms with Crippen LogP contribution in [0.15, 0.2) is 0 Å². The molecule has 3 atom stereocenters. The van der Waals surface area contributed by atoms with Gasteiger partial charge in [-0.1, -0.05) is 12.8 Å². The molecule has 1 heterocycles. The Morgan fingerprint density at radius 1 is 1.29 bits per heavy atom. The lowest BCUT2D eigenvalue weighted by molar-refractivity contribution is -0.136. The summed E-state index contributed by atoms with van der Waals surface area (Å²) in [6, 6.07) is -0.120. The Hall–Kier alpha value is -1.30. The molecular formula is C15H26N2O4. The fourth-order valence-corrected chi connectivity index (χ4v) is 3.79. The van der Waals surface area contributed by atoms with Crippen LogP contribution in [0.25, 0.3) is 0 Å². The van der Waals surface area contributed by atoms with Crippen molar-refractivity contribution >= 4 is 12.0 Å². The summed E-state index contributed by atoms with van der Waals surface area (Å²) in [5.74, 6) is -0.789. The number of urea groups is 1. The second-order valence-corrected chi connectivity index (χ2v) is 6.49. The number of carbonyl (C=O) groups is 2. The molecule has 0 aromatic carbocycles. The van der Waals surface area contributed by atoms with Gasteiger partial charge in [-0.05, 0) is 32.6 Å². The van der Waals surface area contributed by atoms with Crippen molar-refractivity contribution in [2.75, 3.05) is 13.1 Å². The van der Waals surface area contributed by atoms with Gasteiger partial charge in [0, 0.05) is 25.0 Å². The Bertz CT molecular complexity index is 397. The van der Waals surface area contributed by atoms with Gasteiger partial charge >= 0.3 is 12.0 Å². The van der Waals surface area contributed by atoms with Crippen LogP contribution in [0.5, 0.6) is 0 Å². The maximum Gasteiger partial charge on any atom is 0.317 e. The van der Waals surface area contributed by atoms with Crippen molar-refractivity contribution < 1.29 is 19.8 Å². The lowest BCUT2D eigenvalue weighted by Gasteiger charge is -2.43. The highest BCUT2D eigenvalue weighted by atomic mass is 16.4. The van der Waals surface area contributed by atoms with E-state index >= 15 is 0 Å². The minimum Gasteiger partial charge on any atom is -0.481 e. The zero-order valence-electron chi connectivity index (χ0n) is 12.7. The largest absolute Gasteiger partial charge is 0.481 e. The molecular weight excluding hydrogens is 272 g/mol. The Kier molecular flexibility index (Phi) is 5.08. The average Bonchev–Trinajstić information content (AvgIpc) is 2.86. The zero-order valence-corrected chi connectivity index (χ0v) is 12.7. The lowest BCUT2D eigenvalue weighted by Crippen LogP contribution is -2.52. The molecule has 2 rings (SSSR count). The van der Waals surface area contributed by atoms with Crippen LogP contribution >= 0.6 is 0 Å². The second-order valence-electron chi connectivity index (χ2n) is 6.49. The van der Waals surface area contributed by atoms with Gasteiger partial charge in [-0.2, -0.15) is 0 Å². The van der Waals surface area contributed by atoms with Gasteiger partial charge in [-0.15, -0.1) is 0 Å². The first-order valence-corrected chi connectivity index (χ1v) is 7.90. The average molecular weight is 298 g/mol. The molecule has 2 amide bonds. The second kappa shape index (κ2) is 6.64. The summed E-state index contributed by atoms with van der Waals surface area (Å²) in [7, 11) is 0. The number of hydrogen-bond donors (Lipinski definition) is 3. The Morgan fingerprint density at radius 2 is 2.05 bits per heavy atom. The SMILES string of the molecule is CC1(O)CCCCC1C1CCCN1C(=O)NCCC(=O)O. The molecule has 1 aliphatic heterocycles. The third-order valence-corrected chi connectivity index (χ3v) is 4.89. The molecule has 21 heavy (non-hydrogen) atoms. The topological polar surface area (TPSA) is 89.9 Å². The van der Waals surface area contributed by atoms with Crippen LogP contribution in [-0.2, 0) is 4.79 Å². The molecule has 0 radical (unpaired) electrons. The summed E-state index contributed by atoms with van der Waals surface area (Å²) in [4.78, 5) is 24.5. The van der Waals surface area contributed by atoms with Gasteiger partial charge < -0.3 is 20.4 Å². The maximum absolute atomic E-state index is 12.2. The van der Waals surface area contributed by atoms with E-state index in [1.165, 1.54) is 0 Å². The third kappa shape index (κ3) is 3.87. The van der Waals surface area contributed by atoms with Gasteiger partial charge in [-0.25, -0.2) is 4.79 Å². The number of likely N-dealkylation sites (tertiary alicyclic amines) is 1. The summed E-state index contributed by atoms with van der Waals surface area (Å²) < 4.78 is 0. The summed E-state index contributed by atoms with van der Waals surface area (Å²) in [5.41, 5.74) is -0.702. The highest BCUT2D eigenvalue weighted by molar-refractivity contribution is 5.76. The smallest absolute Gasteiger partial charge is 0.317 e. The van der Waals surface area contributed by atoms with Crippen molar-refractivity contribution in [3.8, 4) is 0 Å². The van der Waals surface area contributed by atoms with Gasteiger partial charge in [0.2, 0.25) is 0 Å². The van der Waals surface area contributed by atoms with Crippen molar-refractivity contribution in [1.82, 2.24) is 10.2 Å². The van der Waals surface area contributed by atoms with Gasteiger partial charge in [0.1, 0.15) is 0 Å². The zero-order chi connectivity index (χ0) is 15.5. The first kappa shape index (κ1) is 16.1. The van der Waals surface area contributed by atoms with Gasteiger partial charge in [0.05, 0.1) is 12.0 Å². The van der Waals surface area contributed by atoms with E-state index in [0.29, 0.717) is 6.54 Å². The molecule has 3 unspecified atom stereocenters. The van der Waals surface area contributed by atoms with E-state index in [-0.39, 0.29) is 31.0 Å². The summed E-state index contributed by atoms with van der Waals surface area (Å²) in [5, 5.41) is 21.9. The number of aliphatic carboxylic acids is 1. The number of hydrogen-bond acceptors (Lipinski definition) is 3. The maximum atomic E-state index is 12.2. The number of aliphatic hydroxyl groups is 1. The van der Waals surface area contributed by atoms with Crippen LogP contribution in [0, 0.1) is 5.92 Å². The molecule has 1 saturated carbocycles. The third-order valence-electron chi connectivity index (χ3n) is 4.89. The number of carbonyl (C=O) groups excluding carboxylic acids is 1. The first-order chi connectivity index (χ1) is 9.92. The van der Waals surface area contributed by atoms with Crippen LogP contribution in [0.2, 0.25) is 0 Å². The minimum absolute atomic E-state index is 0.0641. The van der Waals surface area contributed by atoms with Crippen LogP contribution in [-0.4, -0.2) is 51.8 Å². The molecule has 0 aromatic rings. The highest BCUT2D eigenvalue weighted by Crippen LogP contribution is 2.40. The van der Waals surface area contributed by atoms with Crippen LogP contribution < -0.4 is 5.32 Å². The van der Waals surface area contributed by atoms with Gasteiger partial charge in [-0.3, -0.25) is 4.79 Å². The molecule has 1 saturated heterocycles. The van der Waals surface area contributed by atoms with Crippen LogP contribution in [0.4, 0.5) is 4.79 Å². The first-order valence-electron chi connectivity index (χ1n) is 7.90. The summed E-state index contributed by atoms with van der Waals surface area (Å²) >= 11 is 0. The van der Waals surface area contributed by atoms with Crippen molar-refractivity contribution in [3.63, 3.8) is 0 Å². The highest BCUT2D eigenvalue weighted by Gasteiger charge is 2.44. The Morgan fingerprint density at radius 3 is 2.71 bits per heavy atom. The van der Waals surface area contributed by atoms with E-state index in [9.17, 15) is 14.7 Å². The number of carboxylic acids is 1. The molecule has 0 bridgehead atoms. The number of nitrogens with one attached hydrogen (secondary N) is 1. The number of rotatable bonds is 4. The number of amides is 2. The van der Waals surface area contributed by atoms with E-state index in [0.717, 1.165) is 38.5 Å². The number of carboxylic acid groups (broad SMARTS) is 1. The van der Waals surface area contributed by atoms with E-state index in [1.807, 2.05) is 6.92 Å². The lowest BCUT2D eigenvalue weighted by atomic mass is 9.72. The molecule has 0 spiro atoms. The fraction of sp³-hybridized carbons (Fsp3) is 0.867. The van der Waals surface area contributed by atoms with Gasteiger partial charge in [0.25, 0.3) is 0 Å². The molecule has 0 aromatic heterocycles. The standard InChI is InChI=1S/C15H26N2O4/c1-15(21)8-3-2-5-11(15)12-6-4-10-17(12)14(20)16-9-7-13(18)19/h11-12,21H,2-10H2,1H3,(H,16,20)(H,18,19). The van der Waals surface area contributed by atoms with Crippen LogP contribution in [0.3, 0.4) is 0 Å². The van der Waals surface area contributed by atoms with Crippen LogP contribution in [0.1, 0.15) is 51.9 Å². The molecule has 6 heteroatoms. The van der Waals surface area contributed by atoms with Crippen molar-refractivity contribution in [1.29, 1.82) is 0 Å². The predicted octanol–water partition coefficient (Wildman–Crippen LogP) is 1.58. The minimum atomic E-state index is -0.913. The van der Waals surface area contributed by atoms with Crippen molar-refractivity contribution in [2.24, 2.45) is 5.92 Å². The quantitative estimate of drug-likeness (QED) is 0.735. The monoisotopic (exact) mass is 298 g/mol. The van der Waals surface area contributed by atoms with E-state index in [2.05, 4.69) is 5.32 Å². The summed E-state index contributed by atoms with van der Waals surface area (Å²) in [6.45, 7) is 2.73. The van der Waals surface area contributed by atoms with E-state index in [4.69, 9.17) is 5.11 Å². The molecule has 120 valence electrons. The molecule has 2 aliphatic rings. The Balaban J connectivity index is 1.96. The van der Waals surface area contributed by atoms with Gasteiger partial charge in [0.15, 0.2) is 0 Å². The summed E-state index contributed by atoms with van der Waals surface area (Å²) in [6.07, 6.45) is 5.70.